The first-order valence-corrected chi connectivity index (χ1v) is 4.57. The van der Waals surface area contributed by atoms with Gasteiger partial charge in [0.1, 0.15) is 12.2 Å². The van der Waals surface area contributed by atoms with Crippen molar-refractivity contribution in [3.8, 4) is 0 Å². The van der Waals surface area contributed by atoms with Crippen molar-refractivity contribution in [1.82, 2.24) is 4.57 Å². The minimum Gasteiger partial charge on any atom is -1.00 e. The Morgan fingerprint density at radius 1 is 1.54 bits per heavy atom. The lowest BCUT2D eigenvalue weighted by atomic mass is 10.2. The van der Waals surface area contributed by atoms with Gasteiger partial charge in [-0.05, 0) is 19.1 Å². The Kier molecular flexibility index (Phi) is 3.53. The van der Waals surface area contributed by atoms with Gasteiger partial charge in [-0.25, -0.2) is 4.58 Å². The molecular weight excluding hydrogens is 275 g/mol. The molecule has 2 rings (SSSR count). The molecule has 0 bridgehead atoms. The highest BCUT2D eigenvalue weighted by Crippen LogP contribution is 2.08. The zero-order valence-electron chi connectivity index (χ0n) is 8.13. The fourth-order valence-corrected chi connectivity index (χ4v) is 1.89. The second-order valence-electron chi connectivity index (χ2n) is 3.25. The second-order valence-corrected chi connectivity index (χ2v) is 3.25. The molecule has 1 aliphatic heterocycles. The highest BCUT2D eigenvalue weighted by atomic mass is 127. The van der Waals surface area contributed by atoms with Crippen molar-refractivity contribution in [2.45, 2.75) is 20.4 Å². The van der Waals surface area contributed by atoms with Gasteiger partial charge in [-0.15, -0.1) is 0 Å². The molecule has 1 aromatic rings. The summed E-state index contributed by atoms with van der Waals surface area (Å²) in [7, 11) is 0. The van der Waals surface area contributed by atoms with Crippen LogP contribution >= 0.6 is 0 Å². The fourth-order valence-electron chi connectivity index (χ4n) is 1.89. The predicted octanol–water partition coefficient (Wildman–Crippen LogP) is -1.65. The Labute approximate surface area is 96.3 Å². The van der Waals surface area contributed by atoms with Crippen molar-refractivity contribution in [3.05, 3.63) is 24.0 Å². The zero-order chi connectivity index (χ0) is 8.55. The first-order chi connectivity index (χ1) is 5.83. The number of hydrogen-bond acceptors (Lipinski definition) is 0. The van der Waals surface area contributed by atoms with Crippen molar-refractivity contribution in [3.63, 3.8) is 0 Å². The van der Waals surface area contributed by atoms with Gasteiger partial charge in [0.05, 0.1) is 6.54 Å². The summed E-state index contributed by atoms with van der Waals surface area (Å²) in [5.74, 6) is 0. The van der Waals surface area contributed by atoms with E-state index in [9.17, 15) is 0 Å². The Morgan fingerprint density at radius 2 is 2.31 bits per heavy atom. The van der Waals surface area contributed by atoms with E-state index >= 15 is 0 Å². The van der Waals surface area contributed by atoms with Gasteiger partial charge < -0.3 is 28.5 Å². The third-order valence-corrected chi connectivity index (χ3v) is 2.67. The van der Waals surface area contributed by atoms with E-state index in [4.69, 9.17) is 0 Å². The van der Waals surface area contributed by atoms with Crippen LogP contribution < -0.4 is 24.0 Å². The molecule has 0 saturated heterocycles. The lowest BCUT2D eigenvalue weighted by Crippen LogP contribution is -3.00. The Bertz CT molecular complexity index is 325. The van der Waals surface area contributed by atoms with Crippen LogP contribution in [0.1, 0.15) is 19.5 Å². The van der Waals surface area contributed by atoms with Crippen LogP contribution in [0.3, 0.4) is 0 Å². The van der Waals surface area contributed by atoms with Gasteiger partial charge in [-0.3, -0.25) is 0 Å². The van der Waals surface area contributed by atoms with Crippen molar-refractivity contribution in [1.29, 1.82) is 0 Å². The normalized spacial score (nSPS) is 15.2. The molecule has 2 nitrogen and oxygen atoms in total. The van der Waals surface area contributed by atoms with Gasteiger partial charge >= 0.3 is 0 Å². The molecule has 1 aliphatic rings. The number of rotatable bonds is 1. The molecule has 3 heteroatoms. The molecule has 0 aromatic carbocycles. The summed E-state index contributed by atoms with van der Waals surface area (Å²) in [4.78, 5) is 0. The van der Waals surface area contributed by atoms with E-state index in [-0.39, 0.29) is 24.0 Å². The molecular formula is C10H15IN2. The second kappa shape index (κ2) is 4.26. The van der Waals surface area contributed by atoms with Gasteiger partial charge in [0, 0.05) is 13.1 Å². The smallest absolute Gasteiger partial charge is 0.196 e. The summed E-state index contributed by atoms with van der Waals surface area (Å²) in [6, 6.07) is 4.31. The van der Waals surface area contributed by atoms with Gasteiger partial charge in [-0.1, -0.05) is 0 Å². The molecule has 0 unspecified atom stereocenters. The molecule has 2 heterocycles. The lowest BCUT2D eigenvalue weighted by molar-refractivity contribution is -0.528. The number of halogens is 1. The molecule has 72 valence electrons. The van der Waals surface area contributed by atoms with E-state index < -0.39 is 0 Å². The van der Waals surface area contributed by atoms with Gasteiger partial charge in [0.15, 0.2) is 12.3 Å². The van der Waals surface area contributed by atoms with E-state index in [1.165, 1.54) is 11.4 Å². The minimum absolute atomic E-state index is 0. The molecule has 0 aliphatic carbocycles. The fraction of sp³-hybridized carbons (Fsp3) is 0.500. The topological polar surface area (TPSA) is 7.94 Å². The summed E-state index contributed by atoms with van der Waals surface area (Å²) in [6.45, 7) is 7.82. The maximum Gasteiger partial charge on any atom is 0.196 e. The largest absolute Gasteiger partial charge is 1.00 e. The number of nitrogens with zero attached hydrogens (tertiary/aromatic N) is 2. The third kappa shape index (κ3) is 1.80. The molecule has 0 atom stereocenters. The lowest BCUT2D eigenvalue weighted by Gasteiger charge is -2.14. The van der Waals surface area contributed by atoms with Crippen molar-refractivity contribution in [2.75, 3.05) is 13.1 Å². The first-order valence-electron chi connectivity index (χ1n) is 4.57. The van der Waals surface area contributed by atoms with Crippen LogP contribution in [0.2, 0.25) is 0 Å². The van der Waals surface area contributed by atoms with Crippen LogP contribution in [0.25, 0.3) is 0 Å². The monoisotopic (exact) mass is 290 g/mol. The Balaban J connectivity index is 0.000000845. The summed E-state index contributed by atoms with van der Waals surface area (Å²) >= 11 is 0. The summed E-state index contributed by atoms with van der Waals surface area (Å²) < 4.78 is 4.75. The molecule has 0 N–H and O–H groups in total. The van der Waals surface area contributed by atoms with Crippen LogP contribution in [-0.4, -0.2) is 27.9 Å². The number of aromatic nitrogens is 1. The standard InChI is InChI=1S/C10H15N2.HI/c1-3-11-7-8-12-6-4-5-10(12)9(11)2;/h4-6H,3,7-8H2,1-2H3;1H/q+1;/p-1. The number of likely N-dealkylation sites (N-methyl/N-ethyl adjacent to an activating group) is 1. The van der Waals surface area contributed by atoms with Crippen molar-refractivity contribution < 1.29 is 28.6 Å². The molecule has 0 radical (unpaired) electrons. The maximum atomic E-state index is 2.43. The van der Waals surface area contributed by atoms with Crippen LogP contribution in [0.15, 0.2) is 18.3 Å². The van der Waals surface area contributed by atoms with Crippen LogP contribution in [-0.2, 0) is 6.54 Å². The van der Waals surface area contributed by atoms with Gasteiger partial charge in [-0.2, -0.15) is 0 Å². The molecule has 0 amide bonds. The molecule has 0 spiro atoms. The first kappa shape index (κ1) is 10.8. The Morgan fingerprint density at radius 3 is 3.00 bits per heavy atom. The average molecular weight is 290 g/mol. The number of fused-ring (bicyclic) bond motifs is 1. The highest BCUT2D eigenvalue weighted by Gasteiger charge is 2.19. The molecule has 0 saturated carbocycles. The SMILES string of the molecule is CC[N+]1=C(C)c2cccn2CC1.[I-]. The van der Waals surface area contributed by atoms with Crippen LogP contribution in [0.4, 0.5) is 0 Å². The van der Waals surface area contributed by atoms with E-state index in [0.29, 0.717) is 0 Å². The van der Waals surface area contributed by atoms with E-state index in [1.54, 1.807) is 0 Å². The molecule has 0 fully saturated rings. The van der Waals surface area contributed by atoms with Gasteiger partial charge in [0.25, 0.3) is 0 Å². The quantitative estimate of drug-likeness (QED) is 0.432. The summed E-state index contributed by atoms with van der Waals surface area (Å²) in [5.41, 5.74) is 2.79. The van der Waals surface area contributed by atoms with E-state index in [1.807, 2.05) is 0 Å². The maximum absolute atomic E-state index is 2.43. The predicted molar refractivity (Wildman–Crippen MR) is 49.9 cm³/mol. The average Bonchev–Trinajstić information content (AvgIpc) is 2.53. The number of hydrogen-bond donors (Lipinski definition) is 0. The third-order valence-electron chi connectivity index (χ3n) is 2.67. The molecule has 13 heavy (non-hydrogen) atoms. The minimum atomic E-state index is 0. The van der Waals surface area contributed by atoms with E-state index in [2.05, 4.69) is 41.3 Å². The summed E-state index contributed by atoms with van der Waals surface area (Å²) in [6.07, 6.45) is 2.16. The van der Waals surface area contributed by atoms with Gasteiger partial charge in [0.2, 0.25) is 0 Å². The zero-order valence-corrected chi connectivity index (χ0v) is 10.3. The highest BCUT2D eigenvalue weighted by molar-refractivity contribution is 5.93. The van der Waals surface area contributed by atoms with Crippen molar-refractivity contribution >= 4 is 5.71 Å². The van der Waals surface area contributed by atoms with Crippen LogP contribution in [0.5, 0.6) is 0 Å². The van der Waals surface area contributed by atoms with Crippen molar-refractivity contribution in [2.24, 2.45) is 0 Å². The van der Waals surface area contributed by atoms with Crippen LogP contribution in [0, 0.1) is 0 Å². The summed E-state index contributed by atoms with van der Waals surface area (Å²) in [5, 5.41) is 0. The Hall–Kier alpha value is -0.320. The molecule has 1 aromatic heterocycles. The van der Waals surface area contributed by atoms with E-state index in [0.717, 1.165) is 19.6 Å².